The van der Waals surface area contributed by atoms with Gasteiger partial charge in [0.2, 0.25) is 0 Å². The average Bonchev–Trinajstić information content (AvgIpc) is 2.46. The second-order valence-electron chi connectivity index (χ2n) is 4.58. The molecule has 0 unspecified atom stereocenters. The van der Waals surface area contributed by atoms with E-state index >= 15 is 0 Å². The number of benzene rings is 1. The lowest BCUT2D eigenvalue weighted by Gasteiger charge is -2.12. The van der Waals surface area contributed by atoms with Gasteiger partial charge in [0.05, 0.1) is 19.2 Å². The van der Waals surface area contributed by atoms with E-state index in [1.165, 1.54) is 24.9 Å². The van der Waals surface area contributed by atoms with Crippen molar-refractivity contribution in [1.82, 2.24) is 9.97 Å². The van der Waals surface area contributed by atoms with E-state index in [2.05, 4.69) is 14.7 Å². The van der Waals surface area contributed by atoms with E-state index in [0.29, 0.717) is 15.9 Å². The molecule has 0 aliphatic rings. The first-order valence-electron chi connectivity index (χ1n) is 6.57. The molecule has 5 nitrogen and oxygen atoms in total. The number of carbonyl (C=O) groups is 1. The topological polar surface area (TPSA) is 72.1 Å². The molecule has 1 heterocycles. The molecule has 1 aromatic heterocycles. The summed E-state index contributed by atoms with van der Waals surface area (Å²) in [6.07, 6.45) is -0.0333. The van der Waals surface area contributed by atoms with Crippen molar-refractivity contribution in [3.05, 3.63) is 57.0 Å². The lowest BCUT2D eigenvalue weighted by molar-refractivity contribution is -0.139. The Kier molecular flexibility index (Phi) is 5.63. The summed E-state index contributed by atoms with van der Waals surface area (Å²) >= 11 is 7.54. The molecule has 1 atom stereocenters. The number of aromatic amines is 1. The molecular weight excluding hydrogens is 324 g/mol. The van der Waals surface area contributed by atoms with Crippen LogP contribution in [0.2, 0.25) is 5.02 Å². The molecule has 1 aromatic carbocycles. The van der Waals surface area contributed by atoms with Crippen molar-refractivity contribution in [2.45, 2.75) is 23.8 Å². The largest absolute Gasteiger partial charge is 0.469 e. The summed E-state index contributed by atoms with van der Waals surface area (Å²) in [5, 5.41) is 1.11. The Morgan fingerprint density at radius 1 is 1.45 bits per heavy atom. The van der Waals surface area contributed by atoms with Crippen molar-refractivity contribution >= 4 is 29.3 Å². The van der Waals surface area contributed by atoms with Gasteiger partial charge in [0.1, 0.15) is 0 Å². The maximum atomic E-state index is 11.7. The van der Waals surface area contributed by atoms with Gasteiger partial charge in [0, 0.05) is 16.3 Å². The second kappa shape index (κ2) is 7.47. The zero-order valence-corrected chi connectivity index (χ0v) is 13.7. The van der Waals surface area contributed by atoms with Crippen molar-refractivity contribution in [3.63, 3.8) is 0 Å². The highest BCUT2D eigenvalue weighted by Crippen LogP contribution is 2.35. The third-order valence-electron chi connectivity index (χ3n) is 2.96. The van der Waals surface area contributed by atoms with E-state index in [1.54, 1.807) is 0 Å². The Balaban J connectivity index is 2.20. The first-order chi connectivity index (χ1) is 10.5. The smallest absolute Gasteiger partial charge is 0.311 e. The molecule has 0 saturated heterocycles. The number of H-pyrrole nitrogens is 1. The molecule has 116 valence electrons. The molecule has 1 N–H and O–H groups in total. The van der Waals surface area contributed by atoms with Crippen LogP contribution >= 0.6 is 23.4 Å². The summed E-state index contributed by atoms with van der Waals surface area (Å²) in [6.45, 7) is 1.97. The van der Waals surface area contributed by atoms with Crippen molar-refractivity contribution in [3.8, 4) is 0 Å². The van der Waals surface area contributed by atoms with Crippen molar-refractivity contribution in [2.75, 3.05) is 7.11 Å². The predicted molar refractivity (Wildman–Crippen MR) is 86.3 cm³/mol. The van der Waals surface area contributed by atoms with Gasteiger partial charge in [-0.1, -0.05) is 41.6 Å². The average molecular weight is 339 g/mol. The fraction of sp³-hybridized carbons (Fsp3) is 0.267. The number of nitrogens with zero attached hydrogens (tertiary/aromatic N) is 1. The van der Waals surface area contributed by atoms with Crippen LogP contribution < -0.4 is 5.56 Å². The van der Waals surface area contributed by atoms with Gasteiger partial charge in [0.15, 0.2) is 5.16 Å². The minimum Gasteiger partial charge on any atom is -0.469 e. The Morgan fingerprint density at radius 3 is 2.86 bits per heavy atom. The molecule has 0 bridgehead atoms. The molecule has 0 fully saturated rings. The quantitative estimate of drug-likeness (QED) is 0.515. The zero-order valence-electron chi connectivity index (χ0n) is 12.1. The molecule has 0 aliphatic heterocycles. The Morgan fingerprint density at radius 2 is 2.18 bits per heavy atom. The first kappa shape index (κ1) is 16.6. The van der Waals surface area contributed by atoms with Crippen molar-refractivity contribution < 1.29 is 9.53 Å². The van der Waals surface area contributed by atoms with Crippen LogP contribution in [0.3, 0.4) is 0 Å². The van der Waals surface area contributed by atoms with Gasteiger partial charge in [-0.2, -0.15) is 0 Å². The summed E-state index contributed by atoms with van der Waals surface area (Å²) in [5.41, 5.74) is 1.03. The van der Waals surface area contributed by atoms with Gasteiger partial charge < -0.3 is 9.72 Å². The Labute approximate surface area is 137 Å². The predicted octanol–water partition coefficient (Wildman–Crippen LogP) is 2.99. The number of ether oxygens (including phenoxy) is 1. The highest BCUT2D eigenvalue weighted by atomic mass is 35.5. The van der Waals surface area contributed by atoms with E-state index in [1.807, 2.05) is 31.2 Å². The van der Waals surface area contributed by atoms with Crippen LogP contribution in [0.25, 0.3) is 0 Å². The number of carbonyl (C=O) groups excluding carboxylic acids is 1. The maximum absolute atomic E-state index is 11.7. The number of rotatable bonds is 5. The molecule has 2 rings (SSSR count). The number of halogens is 1. The molecule has 7 heteroatoms. The Hall–Kier alpha value is -1.79. The van der Waals surface area contributed by atoms with E-state index < -0.39 is 5.97 Å². The molecule has 0 saturated carbocycles. The molecule has 0 aliphatic carbocycles. The highest BCUT2D eigenvalue weighted by Gasteiger charge is 2.14. The number of esters is 1. The number of thioether (sulfide) groups is 1. The van der Waals surface area contributed by atoms with Crippen molar-refractivity contribution in [1.29, 1.82) is 0 Å². The molecule has 2 aromatic rings. The lowest BCUT2D eigenvalue weighted by atomic mass is 10.2. The minimum absolute atomic E-state index is 0.00484. The van der Waals surface area contributed by atoms with Crippen LogP contribution in [0.15, 0.2) is 40.3 Å². The van der Waals surface area contributed by atoms with Crippen LogP contribution in [0.4, 0.5) is 0 Å². The van der Waals surface area contributed by atoms with Gasteiger partial charge in [-0.05, 0) is 18.6 Å². The van der Waals surface area contributed by atoms with Gasteiger partial charge in [-0.25, -0.2) is 4.98 Å². The molecule has 0 spiro atoms. The van der Waals surface area contributed by atoms with E-state index in [-0.39, 0.29) is 17.2 Å². The monoisotopic (exact) mass is 338 g/mol. The Bertz CT molecular complexity index is 733. The van der Waals surface area contributed by atoms with Crippen LogP contribution in [0, 0.1) is 0 Å². The van der Waals surface area contributed by atoms with Crippen LogP contribution in [-0.2, 0) is 16.0 Å². The van der Waals surface area contributed by atoms with Crippen molar-refractivity contribution in [2.24, 2.45) is 0 Å². The van der Waals surface area contributed by atoms with Gasteiger partial charge >= 0.3 is 5.97 Å². The number of nitrogens with one attached hydrogen (secondary N) is 1. The second-order valence-corrected chi connectivity index (χ2v) is 6.31. The maximum Gasteiger partial charge on any atom is 0.311 e. The fourth-order valence-corrected chi connectivity index (χ4v) is 3.25. The number of methoxy groups -OCH3 is 1. The van der Waals surface area contributed by atoms with Gasteiger partial charge in [0.25, 0.3) is 5.56 Å². The molecule has 0 amide bonds. The summed E-state index contributed by atoms with van der Waals surface area (Å²) < 4.78 is 4.58. The highest BCUT2D eigenvalue weighted by molar-refractivity contribution is 7.99. The van der Waals surface area contributed by atoms with Crippen LogP contribution in [0.5, 0.6) is 0 Å². The third-order valence-corrected chi connectivity index (χ3v) is 4.33. The summed E-state index contributed by atoms with van der Waals surface area (Å²) in [4.78, 5) is 29.9. The summed E-state index contributed by atoms with van der Waals surface area (Å²) in [7, 11) is 1.30. The van der Waals surface area contributed by atoms with Gasteiger partial charge in [-0.3, -0.25) is 9.59 Å². The fourth-order valence-electron chi connectivity index (χ4n) is 1.89. The standard InChI is InChI=1S/C15H15ClN2O3S/c1-9(11-5-3-4-6-12(11)16)22-15-17-10(7-13(19)18-15)8-14(20)21-2/h3-7,9H,8H2,1-2H3,(H,17,18,19)/t9-/m1/s1. The van der Waals surface area contributed by atoms with Crippen LogP contribution in [0.1, 0.15) is 23.4 Å². The van der Waals surface area contributed by atoms with Gasteiger partial charge in [-0.15, -0.1) is 0 Å². The van der Waals surface area contributed by atoms with E-state index in [9.17, 15) is 9.59 Å². The summed E-state index contributed by atoms with van der Waals surface area (Å²) in [6, 6.07) is 8.80. The molecule has 22 heavy (non-hydrogen) atoms. The van der Waals surface area contributed by atoms with E-state index in [0.717, 1.165) is 5.56 Å². The normalized spacial score (nSPS) is 12.0. The number of hydrogen-bond donors (Lipinski definition) is 1. The van der Waals surface area contributed by atoms with E-state index in [4.69, 9.17) is 11.6 Å². The number of hydrogen-bond acceptors (Lipinski definition) is 5. The zero-order chi connectivity index (χ0) is 16.1. The summed E-state index contributed by atoms with van der Waals surface area (Å²) in [5.74, 6) is -0.437. The number of aromatic nitrogens is 2. The molecular formula is C15H15ClN2O3S. The first-order valence-corrected chi connectivity index (χ1v) is 7.83. The minimum atomic E-state index is -0.437. The van der Waals surface area contributed by atoms with Crippen LogP contribution in [-0.4, -0.2) is 23.0 Å². The SMILES string of the molecule is COC(=O)Cc1cc(=O)[nH]c(S[C@H](C)c2ccccc2Cl)n1. The third kappa shape index (κ3) is 4.35. The molecule has 0 radical (unpaired) electrons. The lowest BCUT2D eigenvalue weighted by Crippen LogP contribution is -2.14.